The number of rotatable bonds is 0. The highest BCUT2D eigenvalue weighted by molar-refractivity contribution is 6.13. The van der Waals surface area contributed by atoms with Crippen molar-refractivity contribution in [3.8, 4) is 11.5 Å². The summed E-state index contributed by atoms with van der Waals surface area (Å²) in [6.45, 7) is 2.03. The SMILES string of the molecule is Cc1nccc2ccccc12.Oc1cccc2c1c(O)cc1c3c(ccc12)CCCC3. The topological polar surface area (TPSA) is 53.4 Å². The maximum absolute atomic E-state index is 10.3. The van der Waals surface area contributed by atoms with Crippen LogP contribution in [0.5, 0.6) is 11.5 Å². The second kappa shape index (κ2) is 7.92. The smallest absolute Gasteiger partial charge is 0.127 e. The van der Waals surface area contributed by atoms with Gasteiger partial charge in [-0.1, -0.05) is 48.5 Å². The standard InChI is InChI=1S/C18H16O2.C10H9N/c19-16-7-3-6-14-13-9-8-11-4-1-2-5-12(11)15(13)10-17(20)18(14)16;1-8-10-5-3-2-4-9(10)6-7-11-8/h3,6-10,19-20H,1-2,4-5H2;2-7H,1H3. The van der Waals surface area contributed by atoms with Gasteiger partial charge in [-0.25, -0.2) is 0 Å². The van der Waals surface area contributed by atoms with Gasteiger partial charge in [0, 0.05) is 17.3 Å². The van der Waals surface area contributed by atoms with Crippen molar-refractivity contribution in [3.05, 3.63) is 89.7 Å². The summed E-state index contributed by atoms with van der Waals surface area (Å²) in [5, 5.41) is 26.5. The quantitative estimate of drug-likeness (QED) is 0.277. The van der Waals surface area contributed by atoms with Crippen LogP contribution < -0.4 is 0 Å². The fourth-order valence-electron chi connectivity index (χ4n) is 4.77. The van der Waals surface area contributed by atoms with E-state index in [0.717, 1.165) is 34.7 Å². The molecule has 0 bridgehead atoms. The van der Waals surface area contributed by atoms with Gasteiger partial charge in [0.05, 0.1) is 5.39 Å². The average Bonchev–Trinajstić information content (AvgIpc) is 2.80. The third kappa shape index (κ3) is 3.46. The number of hydrogen-bond donors (Lipinski definition) is 2. The monoisotopic (exact) mass is 407 g/mol. The molecule has 1 aromatic heterocycles. The summed E-state index contributed by atoms with van der Waals surface area (Å²) in [6, 6.07) is 21.9. The average molecular weight is 408 g/mol. The fourth-order valence-corrected chi connectivity index (χ4v) is 4.77. The molecule has 154 valence electrons. The van der Waals surface area contributed by atoms with Crippen LogP contribution in [0.15, 0.2) is 72.9 Å². The third-order valence-electron chi connectivity index (χ3n) is 6.32. The van der Waals surface area contributed by atoms with Crippen LogP contribution in [0.1, 0.15) is 29.7 Å². The van der Waals surface area contributed by atoms with E-state index in [1.165, 1.54) is 34.7 Å². The molecule has 0 aliphatic heterocycles. The molecule has 4 aromatic carbocycles. The summed E-state index contributed by atoms with van der Waals surface area (Å²) < 4.78 is 0. The Morgan fingerprint density at radius 1 is 0.710 bits per heavy atom. The lowest BCUT2D eigenvalue weighted by Crippen LogP contribution is -2.03. The Morgan fingerprint density at radius 2 is 1.52 bits per heavy atom. The molecule has 3 heteroatoms. The molecule has 3 nitrogen and oxygen atoms in total. The van der Waals surface area contributed by atoms with Crippen LogP contribution >= 0.6 is 0 Å². The molecular formula is C28H25NO2. The molecule has 0 fully saturated rings. The third-order valence-corrected chi connectivity index (χ3v) is 6.32. The number of aryl methyl sites for hydroxylation is 3. The first-order chi connectivity index (χ1) is 15.1. The summed E-state index contributed by atoms with van der Waals surface area (Å²) >= 11 is 0. The molecule has 6 rings (SSSR count). The van der Waals surface area contributed by atoms with Crippen molar-refractivity contribution in [3.63, 3.8) is 0 Å². The lowest BCUT2D eigenvalue weighted by Gasteiger charge is -2.19. The second-order valence-electron chi connectivity index (χ2n) is 8.22. The van der Waals surface area contributed by atoms with Crippen LogP contribution in [-0.4, -0.2) is 15.2 Å². The molecule has 0 radical (unpaired) electrons. The molecule has 5 aromatic rings. The molecule has 0 amide bonds. The Hall–Kier alpha value is -3.59. The van der Waals surface area contributed by atoms with Crippen molar-refractivity contribution < 1.29 is 10.2 Å². The molecule has 0 unspecified atom stereocenters. The number of phenolic OH excluding ortho intramolecular Hbond substituents is 2. The minimum Gasteiger partial charge on any atom is -0.507 e. The molecule has 0 atom stereocenters. The second-order valence-corrected chi connectivity index (χ2v) is 8.22. The summed E-state index contributed by atoms with van der Waals surface area (Å²) in [4.78, 5) is 4.21. The van der Waals surface area contributed by atoms with Crippen molar-refractivity contribution in [2.45, 2.75) is 32.6 Å². The number of phenols is 2. The Bertz CT molecular complexity index is 1420. The Morgan fingerprint density at radius 3 is 2.39 bits per heavy atom. The van der Waals surface area contributed by atoms with Gasteiger partial charge in [-0.05, 0) is 83.5 Å². The Balaban J connectivity index is 0.000000157. The predicted octanol–water partition coefficient (Wildman–Crippen LogP) is 6.83. The maximum Gasteiger partial charge on any atom is 0.127 e. The Kier molecular flexibility index (Phi) is 4.95. The first kappa shape index (κ1) is 19.4. The van der Waals surface area contributed by atoms with Crippen LogP contribution in [0, 0.1) is 6.92 Å². The normalized spacial score (nSPS) is 13.1. The minimum absolute atomic E-state index is 0.139. The molecule has 31 heavy (non-hydrogen) atoms. The predicted molar refractivity (Wildman–Crippen MR) is 128 cm³/mol. The van der Waals surface area contributed by atoms with Gasteiger partial charge in [-0.15, -0.1) is 0 Å². The van der Waals surface area contributed by atoms with Gasteiger partial charge in [0.2, 0.25) is 0 Å². The zero-order chi connectivity index (χ0) is 21.4. The van der Waals surface area contributed by atoms with Crippen LogP contribution in [-0.2, 0) is 12.8 Å². The van der Waals surface area contributed by atoms with Crippen LogP contribution in [0.2, 0.25) is 0 Å². The highest BCUT2D eigenvalue weighted by Gasteiger charge is 2.16. The minimum atomic E-state index is 0.139. The van der Waals surface area contributed by atoms with Gasteiger partial charge in [0.15, 0.2) is 0 Å². The maximum atomic E-state index is 10.3. The lowest BCUT2D eigenvalue weighted by atomic mass is 9.86. The van der Waals surface area contributed by atoms with Gasteiger partial charge >= 0.3 is 0 Å². The van der Waals surface area contributed by atoms with Crippen molar-refractivity contribution in [2.24, 2.45) is 0 Å². The van der Waals surface area contributed by atoms with Crippen LogP contribution in [0.4, 0.5) is 0 Å². The van der Waals surface area contributed by atoms with E-state index in [1.54, 1.807) is 6.07 Å². The Labute approximate surface area is 181 Å². The summed E-state index contributed by atoms with van der Waals surface area (Å²) in [7, 11) is 0. The number of aromatic nitrogens is 1. The number of fused-ring (bicyclic) bond motifs is 6. The van der Waals surface area contributed by atoms with Crippen LogP contribution in [0.3, 0.4) is 0 Å². The van der Waals surface area contributed by atoms with Crippen molar-refractivity contribution in [1.29, 1.82) is 0 Å². The molecule has 1 aliphatic carbocycles. The zero-order valence-electron chi connectivity index (χ0n) is 17.6. The molecule has 0 spiro atoms. The van der Waals surface area contributed by atoms with Gasteiger partial charge < -0.3 is 10.2 Å². The molecular weight excluding hydrogens is 382 g/mol. The number of nitrogens with zero attached hydrogens (tertiary/aromatic N) is 1. The van der Waals surface area contributed by atoms with Crippen molar-refractivity contribution in [2.75, 3.05) is 0 Å². The summed E-state index contributed by atoms with van der Waals surface area (Å²) in [6.07, 6.45) is 6.52. The number of pyridine rings is 1. The zero-order valence-corrected chi connectivity index (χ0v) is 17.6. The van der Waals surface area contributed by atoms with E-state index in [0.29, 0.717) is 5.39 Å². The molecule has 1 heterocycles. The number of hydrogen-bond acceptors (Lipinski definition) is 3. The summed E-state index contributed by atoms with van der Waals surface area (Å²) in [5.41, 5.74) is 3.88. The van der Waals surface area contributed by atoms with E-state index in [9.17, 15) is 10.2 Å². The van der Waals surface area contributed by atoms with Crippen LogP contribution in [0.25, 0.3) is 32.3 Å². The van der Waals surface area contributed by atoms with Gasteiger partial charge in [0.25, 0.3) is 0 Å². The van der Waals surface area contributed by atoms with E-state index < -0.39 is 0 Å². The molecule has 0 saturated carbocycles. The number of aromatic hydroxyl groups is 2. The van der Waals surface area contributed by atoms with Gasteiger partial charge in [-0.3, -0.25) is 4.98 Å². The van der Waals surface area contributed by atoms with E-state index in [4.69, 9.17) is 0 Å². The van der Waals surface area contributed by atoms with E-state index in [-0.39, 0.29) is 11.5 Å². The first-order valence-corrected chi connectivity index (χ1v) is 10.8. The summed E-state index contributed by atoms with van der Waals surface area (Å²) in [5.74, 6) is 0.309. The fraction of sp³-hybridized carbons (Fsp3) is 0.179. The van der Waals surface area contributed by atoms with Gasteiger partial charge in [0.1, 0.15) is 11.5 Å². The molecule has 0 saturated heterocycles. The van der Waals surface area contributed by atoms with E-state index in [1.807, 2.05) is 49.5 Å². The van der Waals surface area contributed by atoms with Gasteiger partial charge in [-0.2, -0.15) is 0 Å². The molecule has 1 aliphatic rings. The lowest BCUT2D eigenvalue weighted by molar-refractivity contribution is 0.464. The largest absolute Gasteiger partial charge is 0.507 e. The first-order valence-electron chi connectivity index (χ1n) is 10.8. The highest BCUT2D eigenvalue weighted by Crippen LogP contribution is 2.40. The van der Waals surface area contributed by atoms with Crippen molar-refractivity contribution >= 4 is 32.3 Å². The number of benzene rings is 4. The van der Waals surface area contributed by atoms with Crippen molar-refractivity contribution in [1.82, 2.24) is 4.98 Å². The molecule has 2 N–H and O–H groups in total. The van der Waals surface area contributed by atoms with E-state index >= 15 is 0 Å². The van der Waals surface area contributed by atoms with E-state index in [2.05, 4.69) is 29.2 Å². The highest BCUT2D eigenvalue weighted by atomic mass is 16.3.